The second kappa shape index (κ2) is 7.40. The molecule has 0 fully saturated rings. The Hall–Kier alpha value is -1.80. The summed E-state index contributed by atoms with van der Waals surface area (Å²) >= 11 is 5.15. The van der Waals surface area contributed by atoms with Gasteiger partial charge < -0.3 is 14.8 Å². The van der Waals surface area contributed by atoms with Gasteiger partial charge in [0, 0.05) is 54.8 Å². The molecule has 0 aromatic carbocycles. The van der Waals surface area contributed by atoms with Crippen molar-refractivity contribution in [3.05, 3.63) is 45.9 Å². The number of rotatable bonds is 5. The van der Waals surface area contributed by atoms with E-state index >= 15 is 0 Å². The third-order valence-corrected chi connectivity index (χ3v) is 4.91. The van der Waals surface area contributed by atoms with Gasteiger partial charge in [0.25, 0.3) is 0 Å². The molecule has 0 aliphatic heterocycles. The molecule has 3 heterocycles. The number of nitrogens with one attached hydrogen (secondary N) is 1. The molecule has 0 bridgehead atoms. The van der Waals surface area contributed by atoms with Crippen molar-refractivity contribution >= 4 is 38.2 Å². The van der Waals surface area contributed by atoms with Gasteiger partial charge in [0.2, 0.25) is 0 Å². The molecule has 8 heteroatoms. The van der Waals surface area contributed by atoms with E-state index in [1.54, 1.807) is 11.3 Å². The summed E-state index contributed by atoms with van der Waals surface area (Å²) in [5.41, 5.74) is 2.20. The van der Waals surface area contributed by atoms with E-state index in [0.29, 0.717) is 6.54 Å². The van der Waals surface area contributed by atoms with Crippen molar-refractivity contribution < 1.29 is 0 Å². The van der Waals surface area contributed by atoms with Gasteiger partial charge in [-0.25, -0.2) is 9.98 Å². The molecule has 0 saturated heterocycles. The largest absolute Gasteiger partial charge is 0.357 e. The van der Waals surface area contributed by atoms with Gasteiger partial charge in [-0.3, -0.25) is 4.40 Å². The van der Waals surface area contributed by atoms with Crippen molar-refractivity contribution in [1.29, 1.82) is 0 Å². The van der Waals surface area contributed by atoms with E-state index in [2.05, 4.69) is 61.9 Å². The molecule has 0 aliphatic rings. The van der Waals surface area contributed by atoms with E-state index in [-0.39, 0.29) is 0 Å². The van der Waals surface area contributed by atoms with Crippen LogP contribution in [-0.4, -0.2) is 38.4 Å². The fourth-order valence-corrected chi connectivity index (χ4v) is 3.81. The second-order valence-corrected chi connectivity index (χ2v) is 7.40. The first-order chi connectivity index (χ1) is 11.6. The van der Waals surface area contributed by atoms with Crippen molar-refractivity contribution in [1.82, 2.24) is 24.2 Å². The summed E-state index contributed by atoms with van der Waals surface area (Å²) in [6, 6.07) is 2.13. The Bertz CT molecular complexity index is 817. The zero-order valence-electron chi connectivity index (χ0n) is 14.0. The summed E-state index contributed by atoms with van der Waals surface area (Å²) in [5.74, 6) is 0.881. The van der Waals surface area contributed by atoms with Crippen molar-refractivity contribution in [2.75, 3.05) is 13.6 Å². The normalized spacial score (nSPS) is 12.1. The van der Waals surface area contributed by atoms with E-state index in [9.17, 15) is 0 Å². The maximum atomic E-state index is 4.73. The van der Waals surface area contributed by atoms with Crippen LogP contribution in [0.3, 0.4) is 0 Å². The second-order valence-electron chi connectivity index (χ2n) is 5.61. The third-order valence-electron chi connectivity index (χ3n) is 3.70. The zero-order valence-corrected chi connectivity index (χ0v) is 16.4. The van der Waals surface area contributed by atoms with Gasteiger partial charge >= 0.3 is 0 Å². The lowest BCUT2D eigenvalue weighted by Crippen LogP contribution is -2.38. The lowest BCUT2D eigenvalue weighted by molar-refractivity contribution is 0.461. The lowest BCUT2D eigenvalue weighted by Gasteiger charge is -2.22. The third kappa shape index (κ3) is 3.81. The SMILES string of the molecule is CCNC(=NCc1cn2ccsc2n1)N(C)Cc1cc(Br)cn1C. The fourth-order valence-electron chi connectivity index (χ4n) is 2.52. The van der Waals surface area contributed by atoms with E-state index in [1.807, 2.05) is 29.2 Å². The van der Waals surface area contributed by atoms with Gasteiger partial charge in [-0.15, -0.1) is 11.3 Å². The predicted octanol–water partition coefficient (Wildman–Crippen LogP) is 3.09. The van der Waals surface area contributed by atoms with Gasteiger partial charge in [0.15, 0.2) is 10.9 Å². The zero-order chi connectivity index (χ0) is 17.1. The van der Waals surface area contributed by atoms with Crippen molar-refractivity contribution in [3.8, 4) is 0 Å². The van der Waals surface area contributed by atoms with Crippen LogP contribution < -0.4 is 5.32 Å². The van der Waals surface area contributed by atoms with E-state index in [1.165, 1.54) is 5.69 Å². The first-order valence-electron chi connectivity index (χ1n) is 7.78. The molecule has 3 rings (SSSR count). The van der Waals surface area contributed by atoms with E-state index < -0.39 is 0 Å². The average Bonchev–Trinajstić information content (AvgIpc) is 3.18. The molecule has 1 N–H and O–H groups in total. The molecule has 6 nitrogen and oxygen atoms in total. The molecule has 0 aliphatic carbocycles. The van der Waals surface area contributed by atoms with Gasteiger partial charge in [-0.2, -0.15) is 0 Å². The van der Waals surface area contributed by atoms with E-state index in [4.69, 9.17) is 4.99 Å². The number of nitrogens with zero attached hydrogens (tertiary/aromatic N) is 5. The Morgan fingerprint density at radius 1 is 1.46 bits per heavy atom. The number of hydrogen-bond acceptors (Lipinski definition) is 3. The van der Waals surface area contributed by atoms with Gasteiger partial charge in [0.05, 0.1) is 18.8 Å². The van der Waals surface area contributed by atoms with Crippen molar-refractivity contribution in [2.24, 2.45) is 12.0 Å². The van der Waals surface area contributed by atoms with Gasteiger partial charge in [-0.1, -0.05) is 0 Å². The molecule has 0 atom stereocenters. The number of fused-ring (bicyclic) bond motifs is 1. The molecule has 3 aromatic heterocycles. The predicted molar refractivity (Wildman–Crippen MR) is 102 cm³/mol. The minimum absolute atomic E-state index is 0.567. The van der Waals surface area contributed by atoms with Crippen LogP contribution >= 0.6 is 27.3 Å². The average molecular weight is 409 g/mol. The number of imidazole rings is 1. The Kier molecular flexibility index (Phi) is 5.25. The number of aromatic nitrogens is 3. The summed E-state index contributed by atoms with van der Waals surface area (Å²) in [6.45, 7) is 4.26. The summed E-state index contributed by atoms with van der Waals surface area (Å²) in [4.78, 5) is 12.4. The molecule has 3 aromatic rings. The number of aliphatic imine (C=N–C) groups is 1. The van der Waals surface area contributed by atoms with Crippen molar-refractivity contribution in [3.63, 3.8) is 0 Å². The van der Waals surface area contributed by atoms with Crippen LogP contribution in [0.25, 0.3) is 4.96 Å². The van der Waals surface area contributed by atoms with Crippen LogP contribution in [0, 0.1) is 0 Å². The Labute approximate surface area is 154 Å². The lowest BCUT2D eigenvalue weighted by atomic mass is 10.4. The Balaban J connectivity index is 1.72. The highest BCUT2D eigenvalue weighted by Crippen LogP contribution is 2.15. The minimum Gasteiger partial charge on any atom is -0.357 e. The summed E-state index contributed by atoms with van der Waals surface area (Å²) in [6.07, 6.45) is 6.11. The van der Waals surface area contributed by atoms with Crippen LogP contribution in [0.4, 0.5) is 0 Å². The van der Waals surface area contributed by atoms with Crippen LogP contribution in [0.2, 0.25) is 0 Å². The summed E-state index contributed by atoms with van der Waals surface area (Å²) < 4.78 is 5.25. The number of aryl methyl sites for hydroxylation is 1. The number of hydrogen-bond donors (Lipinski definition) is 1. The molecule has 0 unspecified atom stereocenters. The summed E-state index contributed by atoms with van der Waals surface area (Å²) in [5, 5.41) is 5.38. The Morgan fingerprint density at radius 3 is 2.96 bits per heavy atom. The van der Waals surface area contributed by atoms with Crippen LogP contribution in [0.5, 0.6) is 0 Å². The minimum atomic E-state index is 0.567. The molecule has 0 spiro atoms. The van der Waals surface area contributed by atoms with Crippen LogP contribution in [0.1, 0.15) is 18.3 Å². The molecular formula is C16H21BrN6S. The maximum Gasteiger partial charge on any atom is 0.194 e. The maximum absolute atomic E-state index is 4.73. The Morgan fingerprint density at radius 2 is 2.29 bits per heavy atom. The molecule has 24 heavy (non-hydrogen) atoms. The molecule has 0 saturated carbocycles. The molecular weight excluding hydrogens is 388 g/mol. The monoisotopic (exact) mass is 408 g/mol. The molecule has 0 amide bonds. The number of thiazole rings is 1. The highest BCUT2D eigenvalue weighted by molar-refractivity contribution is 9.10. The first kappa shape index (κ1) is 17.0. The smallest absolute Gasteiger partial charge is 0.194 e. The quantitative estimate of drug-likeness (QED) is 0.521. The van der Waals surface area contributed by atoms with Crippen LogP contribution in [-0.2, 0) is 20.1 Å². The highest BCUT2D eigenvalue weighted by atomic mass is 79.9. The number of halogens is 1. The van der Waals surface area contributed by atoms with Crippen LogP contribution in [0.15, 0.2) is 39.5 Å². The topological polar surface area (TPSA) is 49.9 Å². The molecule has 0 radical (unpaired) electrons. The molecule has 128 valence electrons. The van der Waals surface area contributed by atoms with E-state index in [0.717, 1.165) is 34.2 Å². The first-order valence-corrected chi connectivity index (χ1v) is 9.45. The van der Waals surface area contributed by atoms with Gasteiger partial charge in [-0.05, 0) is 28.9 Å². The summed E-state index contributed by atoms with van der Waals surface area (Å²) in [7, 11) is 4.10. The fraction of sp³-hybridized carbons (Fsp3) is 0.375. The highest BCUT2D eigenvalue weighted by Gasteiger charge is 2.10. The number of guanidine groups is 1. The van der Waals surface area contributed by atoms with Gasteiger partial charge in [0.1, 0.15) is 0 Å². The van der Waals surface area contributed by atoms with Crippen molar-refractivity contribution in [2.45, 2.75) is 20.0 Å². The standard InChI is InChI=1S/C16H21BrN6S/c1-4-18-15(22(3)11-14-7-12(17)9-21(14)2)19-8-13-10-23-5-6-24-16(23)20-13/h5-7,9-10H,4,8,11H2,1-3H3,(H,18,19).